The van der Waals surface area contributed by atoms with Gasteiger partial charge in [-0.15, -0.1) is 0 Å². The van der Waals surface area contributed by atoms with Gasteiger partial charge in [0.2, 0.25) is 17.7 Å². The van der Waals surface area contributed by atoms with E-state index in [4.69, 9.17) is 15.6 Å². The van der Waals surface area contributed by atoms with Crippen LogP contribution in [0.2, 0.25) is 0 Å². The molecule has 3 rings (SSSR count). The number of rotatable bonds is 17. The van der Waals surface area contributed by atoms with Crippen molar-refractivity contribution in [3.63, 3.8) is 0 Å². The maximum atomic E-state index is 12.9. The summed E-state index contributed by atoms with van der Waals surface area (Å²) in [7, 11) is 0. The number of carbonyl (C=O) groups excluding carboxylic acids is 4. The maximum absolute atomic E-state index is 12.9. The third kappa shape index (κ3) is 13.3. The van der Waals surface area contributed by atoms with Crippen LogP contribution in [0.25, 0.3) is 0 Å². The first-order valence-electron chi connectivity index (χ1n) is 14.1. The number of H-pyrrole nitrogens is 1. The highest BCUT2D eigenvalue weighted by Gasteiger charge is 2.42. The molecule has 16 nitrogen and oxygen atoms in total. The third-order valence-corrected chi connectivity index (χ3v) is 8.23. The molecule has 5 amide bonds. The Hall–Kier alpha value is -3.86. The lowest BCUT2D eigenvalue weighted by molar-refractivity contribution is -0.142. The summed E-state index contributed by atoms with van der Waals surface area (Å²) < 4.78 is 0. The molecule has 0 aromatic carbocycles. The summed E-state index contributed by atoms with van der Waals surface area (Å²) >= 11 is 1.82. The van der Waals surface area contributed by atoms with Gasteiger partial charge in [0.25, 0.3) is 5.97 Å². The summed E-state index contributed by atoms with van der Waals surface area (Å²) in [5.74, 6) is -2.62. The van der Waals surface area contributed by atoms with E-state index in [2.05, 4.69) is 36.6 Å². The zero-order valence-electron chi connectivity index (χ0n) is 24.1. The van der Waals surface area contributed by atoms with E-state index in [-0.39, 0.29) is 49.8 Å². The van der Waals surface area contributed by atoms with Gasteiger partial charge in [-0.1, -0.05) is 6.42 Å². The molecular weight excluding hydrogens is 584 g/mol. The number of nitrogens with one attached hydrogen (secondary N) is 6. The predicted molar refractivity (Wildman–Crippen MR) is 157 cm³/mol. The van der Waals surface area contributed by atoms with E-state index in [0.29, 0.717) is 36.8 Å². The largest absolute Gasteiger partial charge is 0.481 e. The van der Waals surface area contributed by atoms with Crippen LogP contribution in [0.5, 0.6) is 0 Å². The lowest BCUT2D eigenvalue weighted by Gasteiger charge is -2.21. The summed E-state index contributed by atoms with van der Waals surface area (Å²) in [6.45, 7) is 1.19. The van der Waals surface area contributed by atoms with Crippen LogP contribution >= 0.6 is 11.8 Å². The molecule has 0 radical (unpaired) electrons. The molecule has 0 saturated carbocycles. The van der Waals surface area contributed by atoms with E-state index < -0.39 is 35.8 Å². The van der Waals surface area contributed by atoms with E-state index in [1.165, 1.54) is 12.5 Å². The average molecular weight is 627 g/mol. The van der Waals surface area contributed by atoms with Crippen molar-refractivity contribution in [1.82, 2.24) is 36.6 Å². The van der Waals surface area contributed by atoms with Crippen LogP contribution in [0, 0.1) is 0 Å². The first-order valence-corrected chi connectivity index (χ1v) is 15.2. The van der Waals surface area contributed by atoms with E-state index >= 15 is 0 Å². The van der Waals surface area contributed by atoms with Crippen molar-refractivity contribution in [1.29, 1.82) is 0 Å². The molecule has 3 heterocycles. The summed E-state index contributed by atoms with van der Waals surface area (Å²) in [5.41, 5.74) is 6.04. The molecule has 10 N–H and O–H groups in total. The number of amides is 5. The second-order valence-corrected chi connectivity index (χ2v) is 11.5. The van der Waals surface area contributed by atoms with Gasteiger partial charge in [-0.3, -0.25) is 19.2 Å². The Labute approximate surface area is 253 Å². The number of hydrogen-bond donors (Lipinski definition) is 9. The van der Waals surface area contributed by atoms with Crippen LogP contribution in [-0.2, 0) is 30.4 Å². The highest BCUT2D eigenvalue weighted by molar-refractivity contribution is 8.00. The Morgan fingerprint density at radius 1 is 1.07 bits per heavy atom. The van der Waals surface area contributed by atoms with Crippen LogP contribution in [0.3, 0.4) is 0 Å². The number of nitrogens with two attached hydrogens (primary N) is 1. The fraction of sp³-hybridized carbons (Fsp3) is 0.654. The van der Waals surface area contributed by atoms with Gasteiger partial charge in [0.05, 0.1) is 25.0 Å². The monoisotopic (exact) mass is 626 g/mol. The number of aliphatic carboxylic acids is 2. The number of carboxylic acid groups (broad SMARTS) is 2. The predicted octanol–water partition coefficient (Wildman–Crippen LogP) is -0.932. The first-order chi connectivity index (χ1) is 20.5. The van der Waals surface area contributed by atoms with Crippen molar-refractivity contribution < 1.29 is 39.0 Å². The Bertz CT molecular complexity index is 1090. The molecule has 43 heavy (non-hydrogen) atoms. The molecular formula is C26H42N8O8S. The molecule has 0 aliphatic carbocycles. The number of imidazole rings is 1. The van der Waals surface area contributed by atoms with Crippen molar-refractivity contribution in [2.24, 2.45) is 5.73 Å². The first kappa shape index (κ1) is 35.3. The summed E-state index contributed by atoms with van der Waals surface area (Å²) in [6.07, 6.45) is 6.99. The molecule has 2 saturated heterocycles. The topological polar surface area (TPSA) is 258 Å². The molecule has 5 unspecified atom stereocenters. The van der Waals surface area contributed by atoms with Crippen LogP contribution in [0.1, 0.15) is 57.6 Å². The van der Waals surface area contributed by atoms with Gasteiger partial charge < -0.3 is 47.5 Å². The molecule has 2 aliphatic rings. The minimum absolute atomic E-state index is 0.0671. The Balaban J connectivity index is 0.00000151. The normalized spacial score (nSPS) is 19.9. The van der Waals surface area contributed by atoms with Crippen LogP contribution in [0.15, 0.2) is 12.5 Å². The number of carbonyl (C=O) groups is 6. The Morgan fingerprint density at radius 3 is 2.47 bits per heavy atom. The number of carboxylic acids is 2. The second kappa shape index (κ2) is 18.6. The van der Waals surface area contributed by atoms with Crippen LogP contribution in [-0.4, -0.2) is 104 Å². The Morgan fingerprint density at radius 2 is 1.81 bits per heavy atom. The summed E-state index contributed by atoms with van der Waals surface area (Å²) in [6, 6.07) is -2.01. The van der Waals surface area contributed by atoms with Gasteiger partial charge in [0, 0.05) is 42.7 Å². The number of unbranched alkanes of at least 4 members (excludes halogenated alkanes) is 2. The molecule has 0 spiro atoms. The minimum atomic E-state index is -1.17. The van der Waals surface area contributed by atoms with Gasteiger partial charge in [0.15, 0.2) is 0 Å². The number of urea groups is 1. The van der Waals surface area contributed by atoms with Gasteiger partial charge >= 0.3 is 12.0 Å². The number of aromatic amines is 1. The van der Waals surface area contributed by atoms with Gasteiger partial charge in [-0.25, -0.2) is 14.6 Å². The summed E-state index contributed by atoms with van der Waals surface area (Å²) in [5, 5.41) is 30.7. The zero-order valence-corrected chi connectivity index (χ0v) is 24.9. The third-order valence-electron chi connectivity index (χ3n) is 6.72. The van der Waals surface area contributed by atoms with Gasteiger partial charge in [-0.2, -0.15) is 11.8 Å². The van der Waals surface area contributed by atoms with Crippen molar-refractivity contribution in [3.05, 3.63) is 18.2 Å². The minimum Gasteiger partial charge on any atom is -0.481 e. The molecule has 2 fully saturated rings. The highest BCUT2D eigenvalue weighted by Crippen LogP contribution is 2.33. The molecule has 0 bridgehead atoms. The maximum Gasteiger partial charge on any atom is 0.326 e. The SMILES string of the molecule is CC(=O)O.NCCCCC(NC(=O)C(Cc1cnc[nH]1)NC(=O)CNC(=O)CCCCC1SCC2NC(=O)NC21)C(=O)O. The summed E-state index contributed by atoms with van der Waals surface area (Å²) in [4.78, 5) is 76.6. The number of aromatic nitrogens is 2. The molecule has 240 valence electrons. The quantitative estimate of drug-likeness (QED) is 0.0753. The lowest BCUT2D eigenvalue weighted by Crippen LogP contribution is -2.54. The molecule has 2 aliphatic heterocycles. The molecule has 17 heteroatoms. The molecule has 1 aromatic heterocycles. The van der Waals surface area contributed by atoms with Gasteiger partial charge in [-0.05, 0) is 38.6 Å². The van der Waals surface area contributed by atoms with E-state index in [1.54, 1.807) is 0 Å². The van der Waals surface area contributed by atoms with E-state index in [0.717, 1.165) is 25.5 Å². The molecule has 5 atom stereocenters. The second-order valence-electron chi connectivity index (χ2n) is 10.2. The standard InChI is InChI=1S/C24H38N8O6S.C2H4O2/c25-8-4-3-5-15(23(36)37)30-22(35)16(9-14-10-26-13-28-14)29-20(34)11-27-19(33)7-2-1-6-18-21-17(12-39-18)31-24(38)32-21;1-2(3)4/h10,13,15-18,21H,1-9,11-12,25H2,(H,26,28)(H,27,33)(H,29,34)(H,30,35)(H,36,37)(H2,31,32,38);1H3,(H,3,4). The number of thioether (sulfide) groups is 1. The Kier molecular flexibility index (Phi) is 15.3. The zero-order chi connectivity index (χ0) is 31.8. The fourth-order valence-corrected chi connectivity index (χ4v) is 6.18. The van der Waals surface area contributed by atoms with Gasteiger partial charge in [0.1, 0.15) is 12.1 Å². The van der Waals surface area contributed by atoms with E-state index in [9.17, 15) is 29.1 Å². The highest BCUT2D eigenvalue weighted by atomic mass is 32.2. The van der Waals surface area contributed by atoms with Crippen molar-refractivity contribution >= 4 is 47.5 Å². The number of fused-ring (bicyclic) bond motifs is 1. The number of hydrogen-bond acceptors (Lipinski definition) is 9. The number of nitrogens with zero attached hydrogens (tertiary/aromatic N) is 1. The van der Waals surface area contributed by atoms with E-state index in [1.807, 2.05) is 11.8 Å². The smallest absolute Gasteiger partial charge is 0.326 e. The average Bonchev–Trinajstić information content (AvgIpc) is 3.67. The van der Waals surface area contributed by atoms with Crippen molar-refractivity contribution in [2.45, 2.75) is 87.7 Å². The van der Waals surface area contributed by atoms with Crippen molar-refractivity contribution in [2.75, 3.05) is 18.8 Å². The fourth-order valence-electron chi connectivity index (χ4n) is 4.63. The van der Waals surface area contributed by atoms with Crippen LogP contribution < -0.4 is 32.3 Å². The van der Waals surface area contributed by atoms with Crippen molar-refractivity contribution in [3.8, 4) is 0 Å². The lowest BCUT2D eigenvalue weighted by atomic mass is 10.0. The van der Waals surface area contributed by atoms with Crippen LogP contribution in [0.4, 0.5) is 4.79 Å². The molecule has 1 aromatic rings.